The number of fused-ring (bicyclic) bond motifs is 5. The molecule has 198 valence electrons. The first-order valence-electron chi connectivity index (χ1n) is 14.3. The van der Waals surface area contributed by atoms with Crippen molar-refractivity contribution < 1.29 is 0 Å². The van der Waals surface area contributed by atoms with Crippen LogP contribution in [0.5, 0.6) is 0 Å². The molecular formula is C40H27NSe. The fourth-order valence-corrected chi connectivity index (χ4v) is 8.55. The molecule has 0 aliphatic carbocycles. The number of hydrogen-bond acceptors (Lipinski definition) is 1. The van der Waals surface area contributed by atoms with Gasteiger partial charge in [0.25, 0.3) is 0 Å². The first-order valence-corrected chi connectivity index (χ1v) is 16.0. The molecule has 0 N–H and O–H groups in total. The third kappa shape index (κ3) is 4.43. The molecule has 0 amide bonds. The average molecular weight is 601 g/mol. The molecule has 7 aromatic carbocycles. The molecule has 0 saturated heterocycles. The Bertz CT molecular complexity index is 2080. The van der Waals surface area contributed by atoms with Crippen LogP contribution in [0.25, 0.3) is 52.3 Å². The fraction of sp³-hybridized carbons (Fsp3) is 0. The molecule has 0 spiro atoms. The normalized spacial score (nSPS) is 11.3. The molecule has 0 fully saturated rings. The summed E-state index contributed by atoms with van der Waals surface area (Å²) in [5.41, 5.74) is 8.32. The van der Waals surface area contributed by atoms with Gasteiger partial charge in [0.05, 0.1) is 0 Å². The van der Waals surface area contributed by atoms with E-state index < -0.39 is 0 Å². The zero-order chi connectivity index (χ0) is 27.9. The van der Waals surface area contributed by atoms with Crippen LogP contribution in [0.15, 0.2) is 164 Å². The third-order valence-corrected chi connectivity index (χ3v) is 10.6. The van der Waals surface area contributed by atoms with Gasteiger partial charge in [-0.05, 0) is 0 Å². The van der Waals surface area contributed by atoms with Crippen LogP contribution in [-0.4, -0.2) is 14.5 Å². The van der Waals surface area contributed by atoms with E-state index in [4.69, 9.17) is 0 Å². The van der Waals surface area contributed by atoms with Gasteiger partial charge >= 0.3 is 216 Å². The Balaban J connectivity index is 1.25. The van der Waals surface area contributed by atoms with Crippen molar-refractivity contribution in [1.82, 2.24) is 0 Å². The number of hydrogen-bond donors (Lipinski definition) is 0. The summed E-state index contributed by atoms with van der Waals surface area (Å²) in [5, 5.41) is 5.45. The molecule has 8 rings (SSSR count). The van der Waals surface area contributed by atoms with Crippen molar-refractivity contribution in [2.24, 2.45) is 0 Å². The number of benzene rings is 7. The van der Waals surface area contributed by atoms with Gasteiger partial charge in [0.15, 0.2) is 0 Å². The van der Waals surface area contributed by atoms with Crippen molar-refractivity contribution >= 4 is 61.6 Å². The Kier molecular flexibility index (Phi) is 6.22. The van der Waals surface area contributed by atoms with E-state index in [1.54, 1.807) is 0 Å². The summed E-state index contributed by atoms with van der Waals surface area (Å²) in [4.78, 5) is 2.37. The van der Waals surface area contributed by atoms with Gasteiger partial charge in [0.1, 0.15) is 0 Å². The molecule has 0 aliphatic heterocycles. The van der Waals surface area contributed by atoms with E-state index in [-0.39, 0.29) is 0 Å². The second-order valence-corrected chi connectivity index (χ2v) is 12.8. The van der Waals surface area contributed by atoms with E-state index in [2.05, 4.69) is 169 Å². The van der Waals surface area contributed by atoms with Crippen molar-refractivity contribution in [3.8, 4) is 22.3 Å². The Morgan fingerprint density at radius 1 is 0.357 bits per heavy atom. The van der Waals surface area contributed by atoms with Gasteiger partial charge in [0, 0.05) is 0 Å². The van der Waals surface area contributed by atoms with Crippen LogP contribution in [0.1, 0.15) is 0 Å². The van der Waals surface area contributed by atoms with Gasteiger partial charge < -0.3 is 0 Å². The SMILES string of the molecule is c1ccc(-c2ccc(N(c3ccc(-c4ccccc4)cc3)c3ccc4c(ccc5c6ccccc6[se]c45)c3)cc2)cc1. The molecule has 8 aromatic rings. The summed E-state index contributed by atoms with van der Waals surface area (Å²) < 4.78 is 2.98. The van der Waals surface area contributed by atoms with Crippen molar-refractivity contribution in [3.05, 3.63) is 164 Å². The van der Waals surface area contributed by atoms with Crippen molar-refractivity contribution in [3.63, 3.8) is 0 Å². The van der Waals surface area contributed by atoms with Crippen LogP contribution in [0.4, 0.5) is 17.1 Å². The van der Waals surface area contributed by atoms with Crippen LogP contribution in [-0.2, 0) is 0 Å². The van der Waals surface area contributed by atoms with Gasteiger partial charge in [-0.1, -0.05) is 36.4 Å². The molecule has 1 aromatic heterocycles. The minimum atomic E-state index is 0.327. The predicted molar refractivity (Wildman–Crippen MR) is 181 cm³/mol. The van der Waals surface area contributed by atoms with E-state index in [0.29, 0.717) is 14.5 Å². The molecule has 0 bridgehead atoms. The van der Waals surface area contributed by atoms with Gasteiger partial charge in [-0.3, -0.25) is 0 Å². The minimum Gasteiger partial charge on any atom is -0.0617 e. The summed E-state index contributed by atoms with van der Waals surface area (Å²) in [6, 6.07) is 59.5. The summed E-state index contributed by atoms with van der Waals surface area (Å²) in [5.74, 6) is 0. The quantitative estimate of drug-likeness (QED) is 0.178. The zero-order valence-electron chi connectivity index (χ0n) is 22.9. The smallest absolute Gasteiger partial charge is 0.0617 e. The third-order valence-electron chi connectivity index (χ3n) is 8.07. The van der Waals surface area contributed by atoms with Crippen molar-refractivity contribution in [1.29, 1.82) is 0 Å². The summed E-state index contributed by atoms with van der Waals surface area (Å²) in [6.45, 7) is 0. The molecule has 0 unspecified atom stereocenters. The van der Waals surface area contributed by atoms with Gasteiger partial charge in [-0.25, -0.2) is 0 Å². The maximum absolute atomic E-state index is 2.37. The van der Waals surface area contributed by atoms with Gasteiger partial charge in [0.2, 0.25) is 0 Å². The standard InChI is InChI=1S/C40H27NSe/c1-3-9-28(10-4-1)30-15-20-33(21-16-30)41(34-22-17-31(18-23-34)29-11-5-2-6-12-29)35-24-26-36-32(27-35)19-25-38-37-13-7-8-14-39(37)42-40(36)38/h1-27H. The molecule has 0 radical (unpaired) electrons. The van der Waals surface area contributed by atoms with E-state index >= 15 is 0 Å². The minimum absolute atomic E-state index is 0.327. The van der Waals surface area contributed by atoms with E-state index in [9.17, 15) is 0 Å². The monoisotopic (exact) mass is 601 g/mol. The second kappa shape index (κ2) is 10.5. The molecule has 1 nitrogen and oxygen atoms in total. The number of nitrogens with zero attached hydrogens (tertiary/aromatic N) is 1. The first-order chi connectivity index (χ1) is 20.8. The Hall–Kier alpha value is -4.88. The number of anilines is 3. The van der Waals surface area contributed by atoms with Crippen LogP contribution in [0, 0.1) is 0 Å². The molecule has 1 heterocycles. The number of rotatable bonds is 5. The Morgan fingerprint density at radius 2 is 0.857 bits per heavy atom. The summed E-state index contributed by atoms with van der Waals surface area (Å²) in [6.07, 6.45) is 0. The topological polar surface area (TPSA) is 3.24 Å². The maximum atomic E-state index is 2.37. The molecule has 0 aliphatic rings. The second-order valence-electron chi connectivity index (χ2n) is 10.6. The van der Waals surface area contributed by atoms with Crippen molar-refractivity contribution in [2.45, 2.75) is 0 Å². The van der Waals surface area contributed by atoms with Crippen LogP contribution in [0.3, 0.4) is 0 Å². The van der Waals surface area contributed by atoms with E-state index in [0.717, 1.165) is 17.1 Å². The van der Waals surface area contributed by atoms with E-state index in [1.165, 1.54) is 52.3 Å². The Labute approximate surface area is 251 Å². The summed E-state index contributed by atoms with van der Waals surface area (Å²) >= 11 is 0.327. The molecule has 2 heteroatoms. The van der Waals surface area contributed by atoms with Gasteiger partial charge in [-0.2, -0.15) is 0 Å². The first kappa shape index (κ1) is 24.9. The van der Waals surface area contributed by atoms with Crippen LogP contribution < -0.4 is 4.90 Å². The zero-order valence-corrected chi connectivity index (χ0v) is 24.7. The van der Waals surface area contributed by atoms with E-state index in [1.807, 2.05) is 0 Å². The van der Waals surface area contributed by atoms with Crippen LogP contribution in [0.2, 0.25) is 0 Å². The Morgan fingerprint density at radius 3 is 1.48 bits per heavy atom. The van der Waals surface area contributed by atoms with Crippen LogP contribution >= 0.6 is 0 Å². The van der Waals surface area contributed by atoms with Crippen molar-refractivity contribution in [2.75, 3.05) is 4.90 Å². The molecule has 42 heavy (non-hydrogen) atoms. The average Bonchev–Trinajstić information content (AvgIpc) is 3.45. The molecule has 0 saturated carbocycles. The summed E-state index contributed by atoms with van der Waals surface area (Å²) in [7, 11) is 0. The fourth-order valence-electron chi connectivity index (χ4n) is 5.95. The van der Waals surface area contributed by atoms with Gasteiger partial charge in [-0.15, -0.1) is 0 Å². The molecular weight excluding hydrogens is 573 g/mol. The molecule has 0 atom stereocenters. The predicted octanol–water partition coefficient (Wildman–Crippen LogP) is 11.0.